The number of carbonyl (C=O) groups is 2. The fraction of sp³-hybridized carbons (Fsp3) is 0.652. The summed E-state index contributed by atoms with van der Waals surface area (Å²) < 4.78 is 5.63. The second-order valence-corrected chi connectivity index (χ2v) is 8.68. The Morgan fingerprint density at radius 3 is 2.68 bits per heavy atom. The average molecular weight is 387 g/mol. The van der Waals surface area contributed by atoms with Crippen molar-refractivity contribution in [3.05, 3.63) is 29.8 Å². The van der Waals surface area contributed by atoms with Crippen LogP contribution in [-0.4, -0.2) is 30.5 Å². The number of nitrogens with one attached hydrogen (secondary N) is 2. The first-order chi connectivity index (χ1) is 13.5. The highest BCUT2D eigenvalue weighted by Crippen LogP contribution is 2.37. The van der Waals surface area contributed by atoms with Gasteiger partial charge in [-0.1, -0.05) is 39.3 Å². The van der Waals surface area contributed by atoms with E-state index in [1.54, 1.807) is 0 Å². The molecule has 2 amide bonds. The molecule has 4 atom stereocenters. The predicted molar refractivity (Wildman–Crippen MR) is 110 cm³/mol. The van der Waals surface area contributed by atoms with E-state index in [2.05, 4.69) is 31.4 Å². The maximum Gasteiger partial charge on any atom is 0.258 e. The van der Waals surface area contributed by atoms with Gasteiger partial charge in [-0.05, 0) is 61.1 Å². The molecule has 0 spiro atoms. The highest BCUT2D eigenvalue weighted by molar-refractivity contribution is 5.78. The van der Waals surface area contributed by atoms with Gasteiger partial charge in [0.2, 0.25) is 5.91 Å². The minimum absolute atomic E-state index is 0.0242. The molecule has 4 unspecified atom stereocenters. The third kappa shape index (κ3) is 5.27. The fourth-order valence-corrected chi connectivity index (χ4v) is 4.76. The molecule has 3 rings (SSSR count). The first-order valence-corrected chi connectivity index (χ1v) is 10.8. The summed E-state index contributed by atoms with van der Waals surface area (Å²) in [7, 11) is 0. The van der Waals surface area contributed by atoms with Gasteiger partial charge >= 0.3 is 0 Å². The van der Waals surface area contributed by atoms with E-state index in [9.17, 15) is 9.59 Å². The number of ether oxygens (including phenoxy) is 1. The maximum atomic E-state index is 12.3. The lowest BCUT2D eigenvalue weighted by Gasteiger charge is -2.44. The van der Waals surface area contributed by atoms with Crippen molar-refractivity contribution in [1.29, 1.82) is 0 Å². The number of rotatable bonds is 7. The van der Waals surface area contributed by atoms with E-state index >= 15 is 0 Å². The van der Waals surface area contributed by atoms with E-state index < -0.39 is 0 Å². The smallest absolute Gasteiger partial charge is 0.258 e. The van der Waals surface area contributed by atoms with Crippen LogP contribution in [0.25, 0.3) is 0 Å². The summed E-state index contributed by atoms with van der Waals surface area (Å²) in [4.78, 5) is 24.4. The summed E-state index contributed by atoms with van der Waals surface area (Å²) in [5.74, 6) is 2.32. The molecule has 154 valence electrons. The monoisotopic (exact) mass is 386 g/mol. The molecule has 1 aliphatic heterocycles. The van der Waals surface area contributed by atoms with Crippen molar-refractivity contribution in [2.45, 2.75) is 77.3 Å². The van der Waals surface area contributed by atoms with Crippen LogP contribution in [0.5, 0.6) is 5.75 Å². The van der Waals surface area contributed by atoms with Crippen molar-refractivity contribution in [1.82, 2.24) is 10.6 Å². The summed E-state index contributed by atoms with van der Waals surface area (Å²) in [6.07, 6.45) is 5.77. The Morgan fingerprint density at radius 2 is 2.00 bits per heavy atom. The lowest BCUT2D eigenvalue weighted by atomic mass is 9.70. The summed E-state index contributed by atoms with van der Waals surface area (Å²) in [6.45, 7) is 6.51. The number of hydrogen-bond donors (Lipinski definition) is 2. The molecule has 1 aliphatic carbocycles. The molecule has 1 saturated carbocycles. The van der Waals surface area contributed by atoms with Gasteiger partial charge in [0.15, 0.2) is 6.61 Å². The van der Waals surface area contributed by atoms with Crippen molar-refractivity contribution in [3.8, 4) is 5.75 Å². The molecular weight excluding hydrogens is 352 g/mol. The molecule has 0 aromatic heterocycles. The van der Waals surface area contributed by atoms with E-state index in [0.717, 1.165) is 32.1 Å². The highest BCUT2D eigenvalue weighted by atomic mass is 16.5. The van der Waals surface area contributed by atoms with Crippen LogP contribution in [0.3, 0.4) is 0 Å². The lowest BCUT2D eigenvalue weighted by Crippen LogP contribution is -2.55. The lowest BCUT2D eigenvalue weighted by molar-refractivity contribution is -0.127. The Balaban J connectivity index is 1.46. The van der Waals surface area contributed by atoms with Crippen molar-refractivity contribution in [3.63, 3.8) is 0 Å². The zero-order valence-corrected chi connectivity index (χ0v) is 17.4. The highest BCUT2D eigenvalue weighted by Gasteiger charge is 2.40. The van der Waals surface area contributed by atoms with Crippen LogP contribution < -0.4 is 15.4 Å². The van der Waals surface area contributed by atoms with Crippen LogP contribution >= 0.6 is 0 Å². The first kappa shape index (κ1) is 20.7. The van der Waals surface area contributed by atoms with Crippen LogP contribution in [0.1, 0.15) is 70.8 Å². The van der Waals surface area contributed by atoms with Crippen molar-refractivity contribution in [2.24, 2.45) is 11.8 Å². The summed E-state index contributed by atoms with van der Waals surface area (Å²) in [5, 5.41) is 6.26. The van der Waals surface area contributed by atoms with Gasteiger partial charge in [0.25, 0.3) is 5.91 Å². The minimum Gasteiger partial charge on any atom is -0.484 e. The average Bonchev–Trinajstić information content (AvgIpc) is 2.66. The van der Waals surface area contributed by atoms with Crippen molar-refractivity contribution < 1.29 is 14.3 Å². The molecule has 1 saturated heterocycles. The van der Waals surface area contributed by atoms with Gasteiger partial charge in [0.05, 0.1) is 0 Å². The predicted octanol–water partition coefficient (Wildman–Crippen LogP) is 3.78. The molecule has 2 N–H and O–H groups in total. The standard InChI is InChI=1S/C23H34N2O3/c1-4-5-17-12-22(26)25-21-13-18(8-11-20(17)21)24-23(27)14-28-19-9-6-16(7-10-19)15(2)3/h6-7,9-10,15,17-18,20-21H,4-5,8,11-14H2,1-3H3,(H,24,27)(H,25,26). The number of piperidine rings is 1. The third-order valence-corrected chi connectivity index (χ3v) is 6.24. The van der Waals surface area contributed by atoms with Gasteiger partial charge in [-0.25, -0.2) is 0 Å². The van der Waals surface area contributed by atoms with Crippen molar-refractivity contribution in [2.75, 3.05) is 6.61 Å². The van der Waals surface area contributed by atoms with Crippen LogP contribution in [0.15, 0.2) is 24.3 Å². The zero-order chi connectivity index (χ0) is 20.1. The van der Waals surface area contributed by atoms with Crippen LogP contribution in [0.4, 0.5) is 0 Å². The normalized spacial score (nSPS) is 27.1. The van der Waals surface area contributed by atoms with Gasteiger partial charge in [0, 0.05) is 18.5 Å². The topological polar surface area (TPSA) is 67.4 Å². The summed E-state index contributed by atoms with van der Waals surface area (Å²) >= 11 is 0. The van der Waals surface area contributed by atoms with Crippen LogP contribution in [0, 0.1) is 11.8 Å². The Morgan fingerprint density at radius 1 is 1.25 bits per heavy atom. The molecule has 5 nitrogen and oxygen atoms in total. The van der Waals surface area contributed by atoms with E-state index in [0.29, 0.717) is 29.9 Å². The molecular formula is C23H34N2O3. The largest absolute Gasteiger partial charge is 0.484 e. The van der Waals surface area contributed by atoms with E-state index in [1.165, 1.54) is 5.56 Å². The first-order valence-electron chi connectivity index (χ1n) is 10.8. The molecule has 2 aliphatic rings. The Kier molecular flexibility index (Phi) is 6.97. The molecule has 2 fully saturated rings. The zero-order valence-electron chi connectivity index (χ0n) is 17.4. The number of fused-ring (bicyclic) bond motifs is 1. The van der Waals surface area contributed by atoms with Crippen molar-refractivity contribution >= 4 is 11.8 Å². The van der Waals surface area contributed by atoms with E-state index in [1.807, 2.05) is 24.3 Å². The molecule has 1 aromatic carbocycles. The Hall–Kier alpha value is -2.04. The van der Waals surface area contributed by atoms with E-state index in [-0.39, 0.29) is 30.5 Å². The maximum absolute atomic E-state index is 12.3. The quantitative estimate of drug-likeness (QED) is 0.749. The minimum atomic E-state index is -0.0939. The van der Waals surface area contributed by atoms with Crippen LogP contribution in [0.2, 0.25) is 0 Å². The number of carbonyl (C=O) groups excluding carboxylic acids is 2. The molecule has 1 heterocycles. The van der Waals surface area contributed by atoms with Gasteiger partial charge in [-0.3, -0.25) is 9.59 Å². The Labute approximate surface area is 168 Å². The third-order valence-electron chi connectivity index (χ3n) is 6.24. The number of hydrogen-bond acceptors (Lipinski definition) is 3. The number of benzene rings is 1. The molecule has 5 heteroatoms. The van der Waals surface area contributed by atoms with Crippen LogP contribution in [-0.2, 0) is 9.59 Å². The van der Waals surface area contributed by atoms with E-state index in [4.69, 9.17) is 4.74 Å². The Bertz CT molecular complexity index is 671. The van der Waals surface area contributed by atoms with Gasteiger partial charge in [-0.2, -0.15) is 0 Å². The molecule has 28 heavy (non-hydrogen) atoms. The molecule has 0 bridgehead atoms. The summed E-state index contributed by atoms with van der Waals surface area (Å²) in [5.41, 5.74) is 1.25. The fourth-order valence-electron chi connectivity index (χ4n) is 4.76. The molecule has 0 radical (unpaired) electrons. The number of amides is 2. The SMILES string of the molecule is CCCC1CC(=O)NC2CC(NC(=O)COc3ccc(C(C)C)cc3)CCC12. The second-order valence-electron chi connectivity index (χ2n) is 8.68. The molecule has 1 aromatic rings. The van der Waals surface area contributed by atoms with Gasteiger partial charge in [-0.15, -0.1) is 0 Å². The van der Waals surface area contributed by atoms with Gasteiger partial charge < -0.3 is 15.4 Å². The van der Waals surface area contributed by atoms with Gasteiger partial charge in [0.1, 0.15) is 5.75 Å². The second kappa shape index (κ2) is 9.44. The summed E-state index contributed by atoms with van der Waals surface area (Å²) in [6, 6.07) is 8.22.